The van der Waals surface area contributed by atoms with Crippen molar-refractivity contribution >= 4 is 23.1 Å². The Bertz CT molecular complexity index is 1310. The van der Waals surface area contributed by atoms with Gasteiger partial charge < -0.3 is 19.2 Å². The van der Waals surface area contributed by atoms with Crippen LogP contribution in [0, 0.1) is 0 Å². The number of benzene rings is 1. The van der Waals surface area contributed by atoms with Crippen LogP contribution >= 0.6 is 0 Å². The summed E-state index contributed by atoms with van der Waals surface area (Å²) in [5, 5.41) is 2.60. The van der Waals surface area contributed by atoms with Gasteiger partial charge in [-0.05, 0) is 30.7 Å². The summed E-state index contributed by atoms with van der Waals surface area (Å²) in [5.41, 5.74) is 3.61. The molecule has 12 heteroatoms. The number of rotatable bonds is 8. The summed E-state index contributed by atoms with van der Waals surface area (Å²) in [5.74, 6) is 0.776. The van der Waals surface area contributed by atoms with Crippen LogP contribution in [0.4, 0.5) is 10.7 Å². The van der Waals surface area contributed by atoms with Crippen LogP contribution in [0.3, 0.4) is 0 Å². The molecule has 3 aromatic heterocycles. The lowest BCUT2D eigenvalue weighted by atomic mass is 10.0. The van der Waals surface area contributed by atoms with Crippen molar-refractivity contribution in [3.8, 4) is 28.5 Å². The Morgan fingerprint density at radius 3 is 2.64 bits per heavy atom. The SMILES string of the molecule is CCOC(=O)Nc1nc2cc(-c3cnc(OCCN4CCOCC4)nc3)cc(-c3ncccn3)c2[nH]1. The quantitative estimate of drug-likeness (QED) is 0.379. The van der Waals surface area contributed by atoms with Crippen LogP contribution in [0.2, 0.25) is 0 Å². The number of hydrogen-bond acceptors (Lipinski definition) is 10. The van der Waals surface area contributed by atoms with Crippen LogP contribution in [0.15, 0.2) is 43.0 Å². The van der Waals surface area contributed by atoms with E-state index in [-0.39, 0.29) is 12.6 Å². The summed E-state index contributed by atoms with van der Waals surface area (Å²) in [6, 6.07) is 5.88. The molecule has 1 aromatic carbocycles. The van der Waals surface area contributed by atoms with Gasteiger partial charge in [-0.2, -0.15) is 0 Å². The van der Waals surface area contributed by atoms with Crippen LogP contribution in [0.25, 0.3) is 33.5 Å². The van der Waals surface area contributed by atoms with Crippen molar-refractivity contribution in [1.82, 2.24) is 34.8 Å². The first kappa shape index (κ1) is 23.6. The smallest absolute Gasteiger partial charge is 0.413 e. The van der Waals surface area contributed by atoms with E-state index in [4.69, 9.17) is 14.2 Å². The standard InChI is InChI=1S/C24H26N8O4/c1-2-35-24(33)31-22-29-19-13-16(12-18(20(19)30-22)21-25-4-3-5-26-21)17-14-27-23(28-15-17)36-11-8-32-6-9-34-10-7-32/h3-5,12-15H,2,6-11H2,1H3,(H2,29,30,31,33). The normalized spacial score (nSPS) is 14.0. The molecule has 0 radical (unpaired) electrons. The number of imidazole rings is 1. The number of nitrogens with zero attached hydrogens (tertiary/aromatic N) is 6. The fraction of sp³-hybridized carbons (Fsp3) is 0.333. The molecule has 186 valence electrons. The Hall–Kier alpha value is -4.16. The van der Waals surface area contributed by atoms with Crippen molar-refractivity contribution in [3.05, 3.63) is 43.0 Å². The van der Waals surface area contributed by atoms with Gasteiger partial charge in [-0.3, -0.25) is 10.2 Å². The van der Waals surface area contributed by atoms with Crippen molar-refractivity contribution in [1.29, 1.82) is 0 Å². The molecule has 1 fully saturated rings. The topological polar surface area (TPSA) is 140 Å². The van der Waals surface area contributed by atoms with Crippen LogP contribution in [-0.4, -0.2) is 87.0 Å². The third-order valence-corrected chi connectivity index (χ3v) is 5.60. The van der Waals surface area contributed by atoms with E-state index in [1.54, 1.807) is 37.8 Å². The van der Waals surface area contributed by atoms with E-state index in [1.165, 1.54) is 0 Å². The third kappa shape index (κ3) is 5.56. The summed E-state index contributed by atoms with van der Waals surface area (Å²) in [6.45, 7) is 6.61. The minimum atomic E-state index is -0.591. The molecule has 1 aliphatic rings. The predicted octanol–water partition coefficient (Wildman–Crippen LogP) is 2.76. The zero-order valence-corrected chi connectivity index (χ0v) is 19.8. The molecule has 0 saturated carbocycles. The van der Waals surface area contributed by atoms with Crippen molar-refractivity contribution in [2.24, 2.45) is 0 Å². The number of anilines is 1. The van der Waals surface area contributed by atoms with Gasteiger partial charge >= 0.3 is 12.1 Å². The molecular formula is C24H26N8O4. The lowest BCUT2D eigenvalue weighted by Crippen LogP contribution is -2.38. The fourth-order valence-electron chi connectivity index (χ4n) is 3.85. The van der Waals surface area contributed by atoms with E-state index in [2.05, 4.69) is 40.1 Å². The number of amides is 1. The van der Waals surface area contributed by atoms with E-state index in [9.17, 15) is 4.79 Å². The highest BCUT2D eigenvalue weighted by molar-refractivity contribution is 5.96. The van der Waals surface area contributed by atoms with Gasteiger partial charge in [0, 0.05) is 55.5 Å². The minimum absolute atomic E-state index is 0.256. The van der Waals surface area contributed by atoms with Gasteiger partial charge in [-0.1, -0.05) is 0 Å². The number of aromatic nitrogens is 6. The molecule has 36 heavy (non-hydrogen) atoms. The average molecular weight is 491 g/mol. The summed E-state index contributed by atoms with van der Waals surface area (Å²) in [4.78, 5) is 39.3. The minimum Gasteiger partial charge on any atom is -0.462 e. The van der Waals surface area contributed by atoms with Gasteiger partial charge in [-0.15, -0.1) is 0 Å². The second kappa shape index (κ2) is 11.1. The monoisotopic (exact) mass is 490 g/mol. The van der Waals surface area contributed by atoms with Crippen LogP contribution in [0.5, 0.6) is 6.01 Å². The number of carbonyl (C=O) groups excluding carboxylic acids is 1. The summed E-state index contributed by atoms with van der Waals surface area (Å²) >= 11 is 0. The largest absolute Gasteiger partial charge is 0.462 e. The van der Waals surface area contributed by atoms with Gasteiger partial charge in [0.05, 0.1) is 30.9 Å². The molecular weight excluding hydrogens is 464 g/mol. The lowest BCUT2D eigenvalue weighted by Gasteiger charge is -2.26. The number of carbonyl (C=O) groups is 1. The molecule has 12 nitrogen and oxygen atoms in total. The first-order valence-electron chi connectivity index (χ1n) is 11.7. The molecule has 4 aromatic rings. The number of nitrogens with one attached hydrogen (secondary N) is 2. The van der Waals surface area contributed by atoms with Crippen LogP contribution in [-0.2, 0) is 9.47 Å². The van der Waals surface area contributed by atoms with E-state index in [1.807, 2.05) is 12.1 Å². The number of morpholine rings is 1. The van der Waals surface area contributed by atoms with Gasteiger partial charge in [0.1, 0.15) is 6.61 Å². The molecule has 2 N–H and O–H groups in total. The average Bonchev–Trinajstić information content (AvgIpc) is 3.32. The van der Waals surface area contributed by atoms with E-state index in [0.29, 0.717) is 29.5 Å². The van der Waals surface area contributed by atoms with E-state index < -0.39 is 6.09 Å². The van der Waals surface area contributed by atoms with Gasteiger partial charge in [0.25, 0.3) is 0 Å². The molecule has 1 saturated heterocycles. The first-order valence-corrected chi connectivity index (χ1v) is 11.7. The van der Waals surface area contributed by atoms with Crippen molar-refractivity contribution in [2.45, 2.75) is 6.92 Å². The molecule has 0 unspecified atom stereocenters. The first-order chi connectivity index (χ1) is 17.7. The number of H-pyrrole nitrogens is 1. The van der Waals surface area contributed by atoms with Crippen molar-refractivity contribution in [3.63, 3.8) is 0 Å². The number of fused-ring (bicyclic) bond motifs is 1. The molecule has 5 rings (SSSR count). The number of hydrogen-bond donors (Lipinski definition) is 2. The Labute approximate surface area is 207 Å². The Morgan fingerprint density at radius 1 is 1.11 bits per heavy atom. The highest BCUT2D eigenvalue weighted by Gasteiger charge is 2.16. The second-order valence-corrected chi connectivity index (χ2v) is 7.98. The summed E-state index contributed by atoms with van der Waals surface area (Å²) < 4.78 is 16.0. The maximum absolute atomic E-state index is 11.9. The zero-order chi connectivity index (χ0) is 24.7. The van der Waals surface area contributed by atoms with Crippen LogP contribution in [0.1, 0.15) is 6.92 Å². The maximum Gasteiger partial charge on any atom is 0.413 e. The molecule has 0 spiro atoms. The van der Waals surface area contributed by atoms with Gasteiger partial charge in [0.2, 0.25) is 5.95 Å². The zero-order valence-electron chi connectivity index (χ0n) is 19.8. The Morgan fingerprint density at radius 2 is 1.89 bits per heavy atom. The highest BCUT2D eigenvalue weighted by Crippen LogP contribution is 2.32. The van der Waals surface area contributed by atoms with E-state index >= 15 is 0 Å². The number of ether oxygens (including phenoxy) is 3. The molecule has 4 heterocycles. The van der Waals surface area contributed by atoms with E-state index in [0.717, 1.165) is 49.5 Å². The lowest BCUT2D eigenvalue weighted by molar-refractivity contribution is 0.0317. The van der Waals surface area contributed by atoms with Crippen molar-refractivity contribution in [2.75, 3.05) is 51.4 Å². The second-order valence-electron chi connectivity index (χ2n) is 7.98. The molecule has 0 bridgehead atoms. The van der Waals surface area contributed by atoms with Gasteiger partial charge in [0.15, 0.2) is 5.82 Å². The fourth-order valence-corrected chi connectivity index (χ4v) is 3.85. The summed E-state index contributed by atoms with van der Waals surface area (Å²) in [6.07, 6.45) is 6.16. The Balaban J connectivity index is 1.38. The maximum atomic E-state index is 11.9. The van der Waals surface area contributed by atoms with Crippen LogP contribution < -0.4 is 10.1 Å². The summed E-state index contributed by atoms with van der Waals surface area (Å²) in [7, 11) is 0. The highest BCUT2D eigenvalue weighted by atomic mass is 16.5. The molecule has 1 amide bonds. The molecule has 1 aliphatic heterocycles. The Kier molecular flexibility index (Phi) is 7.24. The molecule has 0 atom stereocenters. The van der Waals surface area contributed by atoms with Crippen molar-refractivity contribution < 1.29 is 19.0 Å². The van der Waals surface area contributed by atoms with Gasteiger partial charge in [-0.25, -0.2) is 29.7 Å². The molecule has 0 aliphatic carbocycles. The third-order valence-electron chi connectivity index (χ3n) is 5.60. The number of aromatic amines is 1. The predicted molar refractivity (Wildman–Crippen MR) is 132 cm³/mol.